The molecule has 6 heteroatoms. The van der Waals surface area contributed by atoms with Crippen LogP contribution in [0.25, 0.3) is 0 Å². The maximum absolute atomic E-state index is 11.5. The van der Waals surface area contributed by atoms with Gasteiger partial charge in [-0.15, -0.1) is 0 Å². The van der Waals surface area contributed by atoms with E-state index in [1.807, 2.05) is 0 Å². The molecule has 1 rings (SSSR count). The van der Waals surface area contributed by atoms with Gasteiger partial charge in [0.15, 0.2) is 0 Å². The zero-order valence-electron chi connectivity index (χ0n) is 9.24. The Morgan fingerprint density at radius 1 is 1.60 bits per heavy atom. The largest absolute Gasteiger partial charge is 0.443 e. The summed E-state index contributed by atoms with van der Waals surface area (Å²) in [6, 6.07) is -0.611. The monoisotopic (exact) mass is 215 g/mol. The van der Waals surface area contributed by atoms with Crippen LogP contribution < -0.4 is 11.2 Å². The molecule has 0 spiro atoms. The Morgan fingerprint density at radius 3 is 2.60 bits per heavy atom. The van der Waals surface area contributed by atoms with Gasteiger partial charge in [0.1, 0.15) is 11.6 Å². The van der Waals surface area contributed by atoms with Crippen LogP contribution in [0.5, 0.6) is 0 Å². The highest BCUT2D eigenvalue weighted by Gasteiger charge is 2.33. The average Bonchev–Trinajstić information content (AvgIpc) is 2.47. The standard InChI is InChI=1S/C9H17N3O3/c1-9(2,3)15-8(14)12(10)6-4-5-11-7(6)13/h6H,4-5,10H2,1-3H3,(H,11,13)/t6-/m0/s1. The van der Waals surface area contributed by atoms with Crippen molar-refractivity contribution in [2.45, 2.75) is 38.8 Å². The summed E-state index contributed by atoms with van der Waals surface area (Å²) >= 11 is 0. The number of hydrazine groups is 1. The van der Waals surface area contributed by atoms with Crippen LogP contribution in [0.2, 0.25) is 0 Å². The molecule has 0 radical (unpaired) electrons. The predicted molar refractivity (Wildman–Crippen MR) is 53.7 cm³/mol. The summed E-state index contributed by atoms with van der Waals surface area (Å²) in [6.45, 7) is 5.77. The molecule has 1 fully saturated rings. The van der Waals surface area contributed by atoms with Gasteiger partial charge in [0.2, 0.25) is 5.91 Å². The summed E-state index contributed by atoms with van der Waals surface area (Å²) < 4.78 is 5.04. The molecular weight excluding hydrogens is 198 g/mol. The van der Waals surface area contributed by atoms with Crippen molar-refractivity contribution in [1.82, 2.24) is 10.3 Å². The Bertz CT molecular complexity index is 272. The van der Waals surface area contributed by atoms with Crippen molar-refractivity contribution in [3.63, 3.8) is 0 Å². The summed E-state index contributed by atoms with van der Waals surface area (Å²) in [5, 5.41) is 3.45. The fourth-order valence-electron chi connectivity index (χ4n) is 1.29. The van der Waals surface area contributed by atoms with Crippen molar-refractivity contribution >= 4 is 12.0 Å². The minimum absolute atomic E-state index is 0.233. The third kappa shape index (κ3) is 3.09. The summed E-state index contributed by atoms with van der Waals surface area (Å²) in [4.78, 5) is 22.7. The van der Waals surface area contributed by atoms with E-state index in [0.717, 1.165) is 5.01 Å². The Hall–Kier alpha value is -1.30. The van der Waals surface area contributed by atoms with Crippen molar-refractivity contribution in [3.05, 3.63) is 0 Å². The molecule has 0 bridgehead atoms. The highest BCUT2D eigenvalue weighted by atomic mass is 16.6. The van der Waals surface area contributed by atoms with E-state index in [4.69, 9.17) is 10.6 Å². The first-order chi connectivity index (χ1) is 6.81. The number of nitrogens with zero attached hydrogens (tertiary/aromatic N) is 1. The van der Waals surface area contributed by atoms with Gasteiger partial charge in [-0.2, -0.15) is 0 Å². The molecule has 0 aromatic heterocycles. The number of nitrogens with one attached hydrogen (secondary N) is 1. The molecule has 6 nitrogen and oxygen atoms in total. The van der Waals surface area contributed by atoms with Crippen molar-refractivity contribution in [1.29, 1.82) is 0 Å². The van der Waals surface area contributed by atoms with Crippen LogP contribution in [0.15, 0.2) is 0 Å². The molecule has 1 heterocycles. The van der Waals surface area contributed by atoms with Crippen LogP contribution in [0.1, 0.15) is 27.2 Å². The summed E-state index contributed by atoms with van der Waals surface area (Å²) in [5.41, 5.74) is -0.607. The van der Waals surface area contributed by atoms with Gasteiger partial charge >= 0.3 is 6.09 Å². The first-order valence-corrected chi connectivity index (χ1v) is 4.86. The predicted octanol–water partition coefficient (Wildman–Crippen LogP) is -0.0143. The van der Waals surface area contributed by atoms with Gasteiger partial charge in [-0.25, -0.2) is 15.6 Å². The van der Waals surface area contributed by atoms with Crippen molar-refractivity contribution in [2.75, 3.05) is 6.54 Å². The third-order valence-electron chi connectivity index (χ3n) is 1.96. The second-order valence-corrected chi connectivity index (χ2v) is 4.48. The lowest BCUT2D eigenvalue weighted by atomic mass is 10.2. The SMILES string of the molecule is CC(C)(C)OC(=O)N(N)[C@H]1CCNC1=O. The van der Waals surface area contributed by atoms with Crippen LogP contribution in [0.4, 0.5) is 4.79 Å². The van der Waals surface area contributed by atoms with E-state index in [-0.39, 0.29) is 5.91 Å². The topological polar surface area (TPSA) is 84.7 Å². The number of carbonyl (C=O) groups excluding carboxylic acids is 2. The zero-order chi connectivity index (χ0) is 11.6. The number of nitrogens with two attached hydrogens (primary N) is 1. The normalized spacial score (nSPS) is 21.1. The van der Waals surface area contributed by atoms with E-state index in [1.165, 1.54) is 0 Å². The molecule has 1 saturated heterocycles. The van der Waals surface area contributed by atoms with Gasteiger partial charge in [-0.1, -0.05) is 0 Å². The number of hydrogen-bond donors (Lipinski definition) is 2. The molecule has 0 unspecified atom stereocenters. The molecule has 0 saturated carbocycles. The second-order valence-electron chi connectivity index (χ2n) is 4.48. The van der Waals surface area contributed by atoms with Crippen LogP contribution in [-0.4, -0.2) is 35.2 Å². The maximum Gasteiger partial charge on any atom is 0.425 e. The highest BCUT2D eigenvalue weighted by molar-refractivity contribution is 5.87. The lowest BCUT2D eigenvalue weighted by Gasteiger charge is -2.26. The fourth-order valence-corrected chi connectivity index (χ4v) is 1.29. The second kappa shape index (κ2) is 4.06. The first kappa shape index (κ1) is 11.8. The fraction of sp³-hybridized carbons (Fsp3) is 0.778. The number of rotatable bonds is 1. The first-order valence-electron chi connectivity index (χ1n) is 4.86. The Labute approximate surface area is 88.7 Å². The average molecular weight is 215 g/mol. The van der Waals surface area contributed by atoms with Gasteiger partial charge in [-0.3, -0.25) is 4.79 Å². The molecule has 0 aliphatic carbocycles. The third-order valence-corrected chi connectivity index (χ3v) is 1.96. The minimum Gasteiger partial charge on any atom is -0.443 e. The quantitative estimate of drug-likeness (QED) is 0.366. The maximum atomic E-state index is 11.5. The van der Waals surface area contributed by atoms with E-state index < -0.39 is 17.7 Å². The van der Waals surface area contributed by atoms with Crippen LogP contribution >= 0.6 is 0 Å². The van der Waals surface area contributed by atoms with E-state index >= 15 is 0 Å². The molecule has 1 aliphatic heterocycles. The van der Waals surface area contributed by atoms with Crippen molar-refractivity contribution < 1.29 is 14.3 Å². The molecular formula is C9H17N3O3. The molecule has 0 aromatic rings. The Kier molecular flexibility index (Phi) is 3.18. The number of hydrogen-bond acceptors (Lipinski definition) is 4. The van der Waals surface area contributed by atoms with Gasteiger partial charge < -0.3 is 10.1 Å². The lowest BCUT2D eigenvalue weighted by Crippen LogP contribution is -2.50. The highest BCUT2D eigenvalue weighted by Crippen LogP contribution is 2.12. The van der Waals surface area contributed by atoms with Crippen LogP contribution in [-0.2, 0) is 9.53 Å². The Morgan fingerprint density at radius 2 is 2.20 bits per heavy atom. The van der Waals surface area contributed by atoms with E-state index in [0.29, 0.717) is 13.0 Å². The minimum atomic E-state index is -0.676. The number of ether oxygens (including phenoxy) is 1. The van der Waals surface area contributed by atoms with Crippen LogP contribution in [0, 0.1) is 0 Å². The summed E-state index contributed by atoms with van der Waals surface area (Å²) in [5.74, 6) is 5.29. The molecule has 1 atom stereocenters. The van der Waals surface area contributed by atoms with Crippen molar-refractivity contribution in [2.24, 2.45) is 5.84 Å². The molecule has 3 N–H and O–H groups in total. The molecule has 2 amide bonds. The van der Waals surface area contributed by atoms with Gasteiger partial charge in [0.25, 0.3) is 0 Å². The van der Waals surface area contributed by atoms with Crippen molar-refractivity contribution in [3.8, 4) is 0 Å². The molecule has 1 aliphatic rings. The summed E-state index contributed by atoms with van der Waals surface area (Å²) in [7, 11) is 0. The van der Waals surface area contributed by atoms with Gasteiger partial charge in [-0.05, 0) is 27.2 Å². The molecule has 0 aromatic carbocycles. The smallest absolute Gasteiger partial charge is 0.425 e. The summed E-state index contributed by atoms with van der Waals surface area (Å²) in [6.07, 6.45) is -0.154. The van der Waals surface area contributed by atoms with Crippen LogP contribution in [0.3, 0.4) is 0 Å². The van der Waals surface area contributed by atoms with E-state index in [2.05, 4.69) is 5.32 Å². The molecule has 86 valence electrons. The number of carbonyl (C=O) groups is 2. The van der Waals surface area contributed by atoms with Gasteiger partial charge in [0.05, 0.1) is 0 Å². The number of amides is 2. The zero-order valence-corrected chi connectivity index (χ0v) is 9.24. The van der Waals surface area contributed by atoms with E-state index in [1.54, 1.807) is 20.8 Å². The van der Waals surface area contributed by atoms with Gasteiger partial charge in [0, 0.05) is 6.54 Å². The Balaban J connectivity index is 2.56. The lowest BCUT2D eigenvalue weighted by molar-refractivity contribution is -0.123. The van der Waals surface area contributed by atoms with E-state index in [9.17, 15) is 9.59 Å². The molecule has 15 heavy (non-hydrogen) atoms.